The summed E-state index contributed by atoms with van der Waals surface area (Å²) >= 11 is 0. The Kier molecular flexibility index (Phi) is 5.07. The molecule has 0 atom stereocenters. The summed E-state index contributed by atoms with van der Waals surface area (Å²) in [5.41, 5.74) is 2.24. The first-order valence-electron chi connectivity index (χ1n) is 7.86. The van der Waals surface area contributed by atoms with Crippen molar-refractivity contribution in [1.29, 1.82) is 0 Å². The molecular weight excluding hydrogens is 335 g/mol. The highest BCUT2D eigenvalue weighted by molar-refractivity contribution is 6.03. The number of amides is 1. The molecule has 0 aliphatic carbocycles. The van der Waals surface area contributed by atoms with Crippen LogP contribution in [0.4, 0.5) is 21.6 Å². The van der Waals surface area contributed by atoms with E-state index in [0.29, 0.717) is 22.9 Å². The van der Waals surface area contributed by atoms with Crippen LogP contribution in [0, 0.1) is 12.7 Å². The third kappa shape index (κ3) is 4.13. The van der Waals surface area contributed by atoms with Crippen molar-refractivity contribution in [1.82, 2.24) is 9.97 Å². The standard InChI is InChI=1S/C19H17FN4O2/c1-12-6-7-17(26-2)15(8-12)24-19(25)16-10-22-18(11-21-16)23-14-5-3-4-13(20)9-14/h3-11H,1-2H3,(H,22,23)(H,24,25). The summed E-state index contributed by atoms with van der Waals surface area (Å²) in [4.78, 5) is 20.6. The minimum absolute atomic E-state index is 0.151. The van der Waals surface area contributed by atoms with Crippen molar-refractivity contribution < 1.29 is 13.9 Å². The smallest absolute Gasteiger partial charge is 0.275 e. The van der Waals surface area contributed by atoms with Gasteiger partial charge in [0.05, 0.1) is 25.2 Å². The van der Waals surface area contributed by atoms with Gasteiger partial charge in [-0.25, -0.2) is 14.4 Å². The number of carbonyl (C=O) groups excluding carboxylic acids is 1. The molecule has 0 aliphatic heterocycles. The number of nitrogens with zero attached hydrogens (tertiary/aromatic N) is 2. The van der Waals surface area contributed by atoms with Crippen molar-refractivity contribution in [2.45, 2.75) is 6.92 Å². The maximum atomic E-state index is 13.2. The topological polar surface area (TPSA) is 76.1 Å². The van der Waals surface area contributed by atoms with Crippen LogP contribution in [0.3, 0.4) is 0 Å². The second kappa shape index (κ2) is 7.60. The number of hydrogen-bond acceptors (Lipinski definition) is 5. The van der Waals surface area contributed by atoms with Crippen LogP contribution < -0.4 is 15.4 Å². The number of ether oxygens (including phenoxy) is 1. The SMILES string of the molecule is COc1ccc(C)cc1NC(=O)c1cnc(Nc2cccc(F)c2)cn1. The molecule has 0 fully saturated rings. The molecule has 0 spiro atoms. The highest BCUT2D eigenvalue weighted by Crippen LogP contribution is 2.25. The largest absolute Gasteiger partial charge is 0.495 e. The van der Waals surface area contributed by atoms with Gasteiger partial charge in [-0.15, -0.1) is 0 Å². The number of hydrogen-bond donors (Lipinski definition) is 2. The number of nitrogens with one attached hydrogen (secondary N) is 2. The van der Waals surface area contributed by atoms with Crippen LogP contribution in [0.25, 0.3) is 0 Å². The van der Waals surface area contributed by atoms with Gasteiger partial charge in [-0.2, -0.15) is 0 Å². The first kappa shape index (κ1) is 17.3. The molecule has 1 aromatic heterocycles. The van der Waals surface area contributed by atoms with E-state index >= 15 is 0 Å². The Morgan fingerprint density at radius 1 is 1.12 bits per heavy atom. The summed E-state index contributed by atoms with van der Waals surface area (Å²) in [6.07, 6.45) is 2.76. The average molecular weight is 352 g/mol. The van der Waals surface area contributed by atoms with Crippen LogP contribution >= 0.6 is 0 Å². The Bertz CT molecular complexity index is 929. The first-order valence-corrected chi connectivity index (χ1v) is 7.86. The summed E-state index contributed by atoms with van der Waals surface area (Å²) in [5, 5.41) is 5.68. The van der Waals surface area contributed by atoms with E-state index in [9.17, 15) is 9.18 Å². The highest BCUT2D eigenvalue weighted by atomic mass is 19.1. The maximum Gasteiger partial charge on any atom is 0.275 e. The van der Waals surface area contributed by atoms with Gasteiger partial charge >= 0.3 is 0 Å². The van der Waals surface area contributed by atoms with Crippen molar-refractivity contribution in [3.8, 4) is 5.75 Å². The zero-order valence-electron chi connectivity index (χ0n) is 14.3. The molecular formula is C19H17FN4O2. The van der Waals surface area contributed by atoms with Gasteiger partial charge in [-0.1, -0.05) is 12.1 Å². The van der Waals surface area contributed by atoms with Gasteiger partial charge in [0.2, 0.25) is 0 Å². The number of benzene rings is 2. The molecule has 3 rings (SSSR count). The molecule has 0 bridgehead atoms. The van der Waals surface area contributed by atoms with Crippen molar-refractivity contribution in [3.63, 3.8) is 0 Å². The molecule has 1 heterocycles. The number of aryl methyl sites for hydroxylation is 1. The van der Waals surface area contributed by atoms with Crippen LogP contribution in [0.15, 0.2) is 54.9 Å². The number of aromatic nitrogens is 2. The summed E-state index contributed by atoms with van der Waals surface area (Å²) in [5.74, 6) is 0.200. The highest BCUT2D eigenvalue weighted by Gasteiger charge is 2.12. The van der Waals surface area contributed by atoms with E-state index < -0.39 is 5.91 Å². The van der Waals surface area contributed by atoms with Crippen LogP contribution in [0.2, 0.25) is 0 Å². The summed E-state index contributed by atoms with van der Waals surface area (Å²) in [6.45, 7) is 1.92. The predicted octanol–water partition coefficient (Wildman–Crippen LogP) is 3.93. The molecule has 26 heavy (non-hydrogen) atoms. The van der Waals surface area contributed by atoms with Gasteiger partial charge in [0.1, 0.15) is 23.1 Å². The second-order valence-electron chi connectivity index (χ2n) is 5.58. The fraction of sp³-hybridized carbons (Fsp3) is 0.105. The van der Waals surface area contributed by atoms with Crippen LogP contribution in [0.1, 0.15) is 16.1 Å². The van der Waals surface area contributed by atoms with Crippen LogP contribution in [0.5, 0.6) is 5.75 Å². The minimum Gasteiger partial charge on any atom is -0.495 e. The zero-order valence-corrected chi connectivity index (χ0v) is 14.3. The molecule has 2 N–H and O–H groups in total. The summed E-state index contributed by atoms with van der Waals surface area (Å²) < 4.78 is 18.4. The lowest BCUT2D eigenvalue weighted by atomic mass is 10.2. The predicted molar refractivity (Wildman–Crippen MR) is 97.4 cm³/mol. The van der Waals surface area contributed by atoms with E-state index in [2.05, 4.69) is 20.6 Å². The third-order valence-corrected chi connectivity index (χ3v) is 3.58. The lowest BCUT2D eigenvalue weighted by molar-refractivity contribution is 0.102. The van der Waals surface area contributed by atoms with Gasteiger partial charge in [-0.3, -0.25) is 4.79 Å². The zero-order chi connectivity index (χ0) is 18.5. The van der Waals surface area contributed by atoms with E-state index in [0.717, 1.165) is 5.56 Å². The normalized spacial score (nSPS) is 10.3. The maximum absolute atomic E-state index is 13.2. The minimum atomic E-state index is -0.404. The fourth-order valence-electron chi connectivity index (χ4n) is 2.33. The average Bonchev–Trinajstić information content (AvgIpc) is 2.62. The Hall–Kier alpha value is -3.48. The van der Waals surface area contributed by atoms with E-state index in [4.69, 9.17) is 4.74 Å². The molecule has 0 unspecified atom stereocenters. The molecule has 0 saturated heterocycles. The van der Waals surface area contributed by atoms with Gasteiger partial charge in [0.15, 0.2) is 0 Å². The first-order chi connectivity index (χ1) is 12.5. The third-order valence-electron chi connectivity index (χ3n) is 3.58. The molecule has 2 aromatic carbocycles. The Morgan fingerprint density at radius 3 is 2.65 bits per heavy atom. The van der Waals surface area contributed by atoms with Crippen molar-refractivity contribution in [3.05, 3.63) is 71.9 Å². The molecule has 0 aliphatic rings. The molecule has 6 nitrogen and oxygen atoms in total. The van der Waals surface area contributed by atoms with Crippen molar-refractivity contribution in [2.24, 2.45) is 0 Å². The molecule has 0 saturated carbocycles. The Balaban J connectivity index is 1.72. The number of carbonyl (C=O) groups is 1. The van der Waals surface area contributed by atoms with Crippen LogP contribution in [-0.4, -0.2) is 23.0 Å². The van der Waals surface area contributed by atoms with Crippen molar-refractivity contribution in [2.75, 3.05) is 17.7 Å². The number of anilines is 3. The van der Waals surface area contributed by atoms with Gasteiger partial charge in [0, 0.05) is 5.69 Å². The number of rotatable bonds is 5. The molecule has 1 amide bonds. The fourth-order valence-corrected chi connectivity index (χ4v) is 2.33. The van der Waals surface area contributed by atoms with Gasteiger partial charge in [0.25, 0.3) is 5.91 Å². The quantitative estimate of drug-likeness (QED) is 0.728. The van der Waals surface area contributed by atoms with E-state index in [-0.39, 0.29) is 11.5 Å². The lowest BCUT2D eigenvalue weighted by Crippen LogP contribution is -2.15. The monoisotopic (exact) mass is 352 g/mol. The molecule has 7 heteroatoms. The van der Waals surface area contributed by atoms with Gasteiger partial charge < -0.3 is 15.4 Å². The van der Waals surface area contributed by atoms with Gasteiger partial charge in [-0.05, 0) is 42.8 Å². The number of halogens is 1. The van der Waals surface area contributed by atoms with E-state index in [1.807, 2.05) is 19.1 Å². The summed E-state index contributed by atoms with van der Waals surface area (Å²) in [6, 6.07) is 11.5. The molecule has 0 radical (unpaired) electrons. The van der Waals surface area contributed by atoms with E-state index in [1.165, 1.54) is 31.6 Å². The van der Waals surface area contributed by atoms with Crippen LogP contribution in [-0.2, 0) is 0 Å². The summed E-state index contributed by atoms with van der Waals surface area (Å²) in [7, 11) is 1.53. The lowest BCUT2D eigenvalue weighted by Gasteiger charge is -2.11. The number of methoxy groups -OCH3 is 1. The molecule has 3 aromatic rings. The van der Waals surface area contributed by atoms with E-state index in [1.54, 1.807) is 18.2 Å². The Labute approximate surface area is 150 Å². The Morgan fingerprint density at radius 2 is 1.96 bits per heavy atom. The van der Waals surface area contributed by atoms with Crippen molar-refractivity contribution >= 4 is 23.1 Å². The second-order valence-corrected chi connectivity index (χ2v) is 5.58. The molecule has 132 valence electrons.